The smallest absolute Gasteiger partial charge is 0.252 e. The Morgan fingerprint density at radius 2 is 1.20 bits per heavy atom. The fourth-order valence-corrected chi connectivity index (χ4v) is 4.31. The van der Waals surface area contributed by atoms with Gasteiger partial charge >= 0.3 is 0 Å². The molecule has 0 radical (unpaired) electrons. The number of rotatable bonds is 15. The maximum atomic E-state index is 13.4. The van der Waals surface area contributed by atoms with Crippen LogP contribution in [0.5, 0.6) is 17.2 Å². The van der Waals surface area contributed by atoms with Crippen LogP contribution >= 0.6 is 0 Å². The van der Waals surface area contributed by atoms with Crippen LogP contribution in [0.15, 0.2) is 103 Å². The van der Waals surface area contributed by atoms with Crippen molar-refractivity contribution in [3.63, 3.8) is 0 Å². The molecule has 4 rings (SSSR count). The molecule has 0 heterocycles. The summed E-state index contributed by atoms with van der Waals surface area (Å²) in [6, 6.07) is 32.2. The predicted octanol–water partition coefficient (Wildman–Crippen LogP) is 5.53. The number of hydrogen-bond donors (Lipinski definition) is 1. The molecule has 0 aromatic heterocycles. The van der Waals surface area contributed by atoms with E-state index >= 15 is 0 Å². The molecular weight excluding hydrogens is 504 g/mol. The van der Waals surface area contributed by atoms with Crippen LogP contribution in [-0.4, -0.2) is 43.0 Å². The zero-order valence-electron chi connectivity index (χ0n) is 22.6. The number of ether oxygens (including phenoxy) is 3. The molecule has 0 bridgehead atoms. The molecule has 0 atom stereocenters. The van der Waals surface area contributed by atoms with Crippen molar-refractivity contribution in [2.75, 3.05) is 26.4 Å². The van der Waals surface area contributed by atoms with Gasteiger partial charge in [-0.15, -0.1) is 0 Å². The van der Waals surface area contributed by atoms with Crippen molar-refractivity contribution in [3.05, 3.63) is 125 Å². The number of primary amides is 1. The second-order valence-corrected chi connectivity index (χ2v) is 9.19. The number of para-hydroxylation sites is 2. The van der Waals surface area contributed by atoms with Crippen molar-refractivity contribution in [1.29, 1.82) is 0 Å². The van der Waals surface area contributed by atoms with Crippen molar-refractivity contribution < 1.29 is 23.8 Å². The summed E-state index contributed by atoms with van der Waals surface area (Å²) in [7, 11) is 0. The number of amides is 1. The number of nitrogens with two attached hydrogens (primary N) is 1. The highest BCUT2D eigenvalue weighted by molar-refractivity contribution is 6.02. The van der Waals surface area contributed by atoms with Crippen LogP contribution in [0.4, 0.5) is 0 Å². The van der Waals surface area contributed by atoms with Gasteiger partial charge in [-0.3, -0.25) is 14.5 Å². The number of benzene rings is 4. The Morgan fingerprint density at radius 3 is 1.75 bits per heavy atom. The molecule has 40 heavy (non-hydrogen) atoms. The Kier molecular flexibility index (Phi) is 10.3. The molecule has 0 saturated heterocycles. The molecule has 4 aromatic rings. The Morgan fingerprint density at radius 1 is 0.675 bits per heavy atom. The minimum absolute atomic E-state index is 0.114. The molecule has 0 aliphatic rings. The monoisotopic (exact) mass is 538 g/mol. The summed E-state index contributed by atoms with van der Waals surface area (Å²) in [6.45, 7) is 4.24. The van der Waals surface area contributed by atoms with Gasteiger partial charge in [-0.1, -0.05) is 72.8 Å². The second-order valence-electron chi connectivity index (χ2n) is 9.19. The zero-order chi connectivity index (χ0) is 28.2. The number of carbonyl (C=O) groups is 2. The van der Waals surface area contributed by atoms with Gasteiger partial charge in [0.2, 0.25) is 0 Å². The maximum absolute atomic E-state index is 13.4. The summed E-state index contributed by atoms with van der Waals surface area (Å²) < 4.78 is 17.2. The van der Waals surface area contributed by atoms with E-state index in [9.17, 15) is 9.59 Å². The van der Waals surface area contributed by atoms with E-state index in [-0.39, 0.29) is 31.1 Å². The molecule has 0 aliphatic heterocycles. The number of carbonyl (C=O) groups excluding carboxylic acids is 2. The molecule has 1 amide bonds. The van der Waals surface area contributed by atoms with Crippen LogP contribution in [0.3, 0.4) is 0 Å². The molecule has 7 heteroatoms. The third kappa shape index (κ3) is 8.19. The van der Waals surface area contributed by atoms with Gasteiger partial charge in [-0.05, 0) is 48.4 Å². The maximum Gasteiger partial charge on any atom is 0.252 e. The van der Waals surface area contributed by atoms with Gasteiger partial charge in [0.25, 0.3) is 5.91 Å². The van der Waals surface area contributed by atoms with Crippen LogP contribution in [-0.2, 0) is 13.1 Å². The first-order chi connectivity index (χ1) is 19.5. The van der Waals surface area contributed by atoms with Crippen molar-refractivity contribution in [3.8, 4) is 17.2 Å². The number of Topliss-reactive ketones (excluding diaryl/α,β-unsaturated/α-hetero) is 1. The molecule has 0 spiro atoms. The fraction of sp³-hybridized carbons (Fsp3) is 0.212. The van der Waals surface area contributed by atoms with Gasteiger partial charge in [-0.2, -0.15) is 0 Å². The molecular formula is C33H34N2O5. The molecule has 2 N–H and O–H groups in total. The van der Waals surface area contributed by atoms with E-state index in [1.807, 2.05) is 91.9 Å². The Balaban J connectivity index is 1.42. The lowest BCUT2D eigenvalue weighted by atomic mass is 10.0. The highest BCUT2D eigenvalue weighted by Gasteiger charge is 2.18. The van der Waals surface area contributed by atoms with Crippen LogP contribution in [0, 0.1) is 0 Å². The van der Waals surface area contributed by atoms with Gasteiger partial charge in [0.05, 0.1) is 18.7 Å². The van der Waals surface area contributed by atoms with Crippen LogP contribution in [0.1, 0.15) is 38.8 Å². The fourth-order valence-electron chi connectivity index (χ4n) is 4.31. The van der Waals surface area contributed by atoms with Gasteiger partial charge < -0.3 is 19.9 Å². The number of hydrogen-bond acceptors (Lipinski definition) is 6. The van der Waals surface area contributed by atoms with Gasteiger partial charge in [0, 0.05) is 18.7 Å². The number of nitrogens with zero attached hydrogens (tertiary/aromatic N) is 1. The Labute approximate surface area is 235 Å². The summed E-state index contributed by atoms with van der Waals surface area (Å²) in [5.41, 5.74) is 8.42. The van der Waals surface area contributed by atoms with E-state index in [4.69, 9.17) is 19.9 Å². The minimum Gasteiger partial charge on any atom is -0.490 e. The third-order valence-corrected chi connectivity index (χ3v) is 6.18. The van der Waals surface area contributed by atoms with Gasteiger partial charge in [0.15, 0.2) is 17.3 Å². The first-order valence-corrected chi connectivity index (χ1v) is 13.3. The minimum atomic E-state index is -0.669. The third-order valence-electron chi connectivity index (χ3n) is 6.18. The largest absolute Gasteiger partial charge is 0.490 e. The standard InChI is InChI=1S/C33H34N2O5/c1-2-38-31-15-9-10-16-32(31)40-20-19-39-30-18-17-27(21-28(30)33(34)37)29(36)24-35(22-25-11-5-3-6-12-25)23-26-13-7-4-8-14-26/h3-18,21H,2,19-20,22-24H2,1H3,(H2,34,37). The second kappa shape index (κ2) is 14.5. The normalized spacial score (nSPS) is 10.8. The average Bonchev–Trinajstić information content (AvgIpc) is 2.97. The summed E-state index contributed by atoms with van der Waals surface area (Å²) in [5.74, 6) is 0.782. The molecule has 4 aromatic carbocycles. The SMILES string of the molecule is CCOc1ccccc1OCCOc1ccc(C(=O)CN(Cc2ccccc2)Cc2ccccc2)cc1C(N)=O. The van der Waals surface area contributed by atoms with Crippen LogP contribution in [0.25, 0.3) is 0 Å². The molecule has 0 saturated carbocycles. The van der Waals surface area contributed by atoms with E-state index < -0.39 is 5.91 Å². The van der Waals surface area contributed by atoms with E-state index in [0.29, 0.717) is 42.5 Å². The van der Waals surface area contributed by atoms with E-state index in [1.165, 1.54) is 6.07 Å². The Bertz CT molecular complexity index is 1350. The van der Waals surface area contributed by atoms with Crippen LogP contribution < -0.4 is 19.9 Å². The van der Waals surface area contributed by atoms with Crippen molar-refractivity contribution >= 4 is 11.7 Å². The first kappa shape index (κ1) is 28.4. The molecule has 0 fully saturated rings. The predicted molar refractivity (Wildman–Crippen MR) is 155 cm³/mol. The first-order valence-electron chi connectivity index (χ1n) is 13.3. The summed E-state index contributed by atoms with van der Waals surface area (Å²) in [4.78, 5) is 27.7. The highest BCUT2D eigenvalue weighted by Crippen LogP contribution is 2.26. The van der Waals surface area contributed by atoms with Crippen molar-refractivity contribution in [2.45, 2.75) is 20.0 Å². The quantitative estimate of drug-likeness (QED) is 0.158. The number of ketones is 1. The molecule has 206 valence electrons. The van der Waals surface area contributed by atoms with Crippen molar-refractivity contribution in [2.24, 2.45) is 5.73 Å². The lowest BCUT2D eigenvalue weighted by Crippen LogP contribution is -2.29. The van der Waals surface area contributed by atoms with Crippen molar-refractivity contribution in [1.82, 2.24) is 4.90 Å². The van der Waals surface area contributed by atoms with Gasteiger partial charge in [0.1, 0.15) is 19.0 Å². The lowest BCUT2D eigenvalue weighted by Gasteiger charge is -2.22. The molecule has 0 unspecified atom stereocenters. The summed E-state index contributed by atoms with van der Waals surface area (Å²) in [5, 5.41) is 0. The average molecular weight is 539 g/mol. The van der Waals surface area contributed by atoms with E-state index in [2.05, 4.69) is 4.90 Å². The molecule has 7 nitrogen and oxygen atoms in total. The Hall–Kier alpha value is -4.62. The topological polar surface area (TPSA) is 91.1 Å². The molecule has 0 aliphatic carbocycles. The van der Waals surface area contributed by atoms with E-state index in [0.717, 1.165) is 11.1 Å². The van der Waals surface area contributed by atoms with E-state index in [1.54, 1.807) is 12.1 Å². The lowest BCUT2D eigenvalue weighted by molar-refractivity contribution is 0.0920. The summed E-state index contributed by atoms with van der Waals surface area (Å²) >= 11 is 0. The highest BCUT2D eigenvalue weighted by atomic mass is 16.5. The van der Waals surface area contributed by atoms with Gasteiger partial charge in [-0.25, -0.2) is 0 Å². The van der Waals surface area contributed by atoms with Crippen LogP contribution in [0.2, 0.25) is 0 Å². The zero-order valence-corrected chi connectivity index (χ0v) is 22.6. The summed E-state index contributed by atoms with van der Waals surface area (Å²) in [6.07, 6.45) is 0.